The van der Waals surface area contributed by atoms with Crippen molar-refractivity contribution in [1.82, 2.24) is 15.0 Å². The number of hydrogen-bond donors (Lipinski definition) is 2. The van der Waals surface area contributed by atoms with Crippen LogP contribution in [0.1, 0.15) is 0 Å². The minimum atomic E-state index is 0.504. The van der Waals surface area contributed by atoms with Crippen molar-refractivity contribution in [3.63, 3.8) is 0 Å². The molecular weight excluding hydrogens is 366 g/mol. The minimum Gasteiger partial charge on any atom is -0.497 e. The lowest BCUT2D eigenvalue weighted by Gasteiger charge is -2.10. The molecule has 0 unspecified atom stereocenters. The summed E-state index contributed by atoms with van der Waals surface area (Å²) in [4.78, 5) is 13.3. The molecule has 2 N–H and O–H groups in total. The van der Waals surface area contributed by atoms with E-state index < -0.39 is 0 Å². The molecule has 2 aromatic carbocycles. The minimum absolute atomic E-state index is 0.504. The highest BCUT2D eigenvalue weighted by Gasteiger charge is 2.05. The van der Waals surface area contributed by atoms with E-state index in [4.69, 9.17) is 9.47 Å². The van der Waals surface area contributed by atoms with Gasteiger partial charge in [-0.3, -0.25) is 4.98 Å². The summed E-state index contributed by atoms with van der Waals surface area (Å²) >= 11 is 0. The molecule has 2 aromatic heterocycles. The fourth-order valence-corrected chi connectivity index (χ4v) is 2.86. The Bertz CT molecular complexity index is 1080. The van der Waals surface area contributed by atoms with Crippen molar-refractivity contribution >= 4 is 28.4 Å². The molecule has 0 spiro atoms. The maximum absolute atomic E-state index is 5.72. The Morgan fingerprint density at radius 2 is 1.69 bits per heavy atom. The van der Waals surface area contributed by atoms with Crippen LogP contribution >= 0.6 is 0 Å². The topological polar surface area (TPSA) is 81.2 Å². The molecule has 0 saturated heterocycles. The molecular formula is C22H21N5O2. The van der Waals surface area contributed by atoms with E-state index in [1.807, 2.05) is 60.7 Å². The van der Waals surface area contributed by atoms with Crippen molar-refractivity contribution in [3.8, 4) is 11.5 Å². The number of pyridine rings is 1. The van der Waals surface area contributed by atoms with Crippen LogP contribution in [0, 0.1) is 0 Å². The first kappa shape index (κ1) is 18.5. The first-order chi connectivity index (χ1) is 14.3. The smallest absolute Gasteiger partial charge is 0.229 e. The summed E-state index contributed by atoms with van der Waals surface area (Å²) in [6.45, 7) is 1.12. The van der Waals surface area contributed by atoms with Gasteiger partial charge in [-0.05, 0) is 42.5 Å². The molecule has 0 aliphatic heterocycles. The number of nitrogens with zero attached hydrogens (tertiary/aromatic N) is 3. The van der Waals surface area contributed by atoms with Gasteiger partial charge < -0.3 is 20.1 Å². The highest BCUT2D eigenvalue weighted by molar-refractivity contribution is 5.91. The van der Waals surface area contributed by atoms with E-state index in [9.17, 15) is 0 Å². The summed E-state index contributed by atoms with van der Waals surface area (Å²) in [6, 6.07) is 19.2. The fourth-order valence-electron chi connectivity index (χ4n) is 2.86. The fraction of sp³-hybridized carbons (Fsp3) is 0.136. The van der Waals surface area contributed by atoms with Crippen LogP contribution in [0.25, 0.3) is 10.9 Å². The Labute approximate surface area is 168 Å². The molecule has 0 aliphatic rings. The van der Waals surface area contributed by atoms with Crippen LogP contribution in [0.3, 0.4) is 0 Å². The third kappa shape index (κ3) is 4.70. The average Bonchev–Trinajstić information content (AvgIpc) is 2.78. The molecule has 2 heterocycles. The summed E-state index contributed by atoms with van der Waals surface area (Å²) in [5.41, 5.74) is 1.74. The number of para-hydroxylation sites is 1. The Kier molecular flexibility index (Phi) is 5.66. The zero-order valence-electron chi connectivity index (χ0n) is 16.0. The van der Waals surface area contributed by atoms with Gasteiger partial charge in [0.25, 0.3) is 0 Å². The predicted molar refractivity (Wildman–Crippen MR) is 114 cm³/mol. The largest absolute Gasteiger partial charge is 0.497 e. The second kappa shape index (κ2) is 8.88. The van der Waals surface area contributed by atoms with Gasteiger partial charge in [0.15, 0.2) is 0 Å². The molecule has 0 saturated carbocycles. The molecule has 0 atom stereocenters. The third-order valence-electron chi connectivity index (χ3n) is 4.27. The number of hydrogen-bond acceptors (Lipinski definition) is 7. The van der Waals surface area contributed by atoms with Crippen LogP contribution in [-0.2, 0) is 0 Å². The van der Waals surface area contributed by atoms with Gasteiger partial charge in [0, 0.05) is 17.8 Å². The number of ether oxygens (including phenoxy) is 2. The van der Waals surface area contributed by atoms with Crippen LogP contribution in [0.2, 0.25) is 0 Å². The number of benzene rings is 2. The van der Waals surface area contributed by atoms with E-state index in [2.05, 4.69) is 25.6 Å². The van der Waals surface area contributed by atoms with E-state index in [1.54, 1.807) is 19.5 Å². The molecule has 4 rings (SSSR count). The normalized spacial score (nSPS) is 10.5. The Morgan fingerprint density at radius 3 is 2.55 bits per heavy atom. The molecule has 7 nitrogen and oxygen atoms in total. The predicted octanol–water partition coefficient (Wildman–Crippen LogP) is 4.27. The number of methoxy groups -OCH3 is 1. The van der Waals surface area contributed by atoms with E-state index in [0.29, 0.717) is 24.9 Å². The monoisotopic (exact) mass is 387 g/mol. The molecule has 29 heavy (non-hydrogen) atoms. The maximum Gasteiger partial charge on any atom is 0.229 e. The van der Waals surface area contributed by atoms with Crippen molar-refractivity contribution in [3.05, 3.63) is 73.1 Å². The van der Waals surface area contributed by atoms with Crippen LogP contribution < -0.4 is 20.1 Å². The van der Waals surface area contributed by atoms with Gasteiger partial charge in [0.05, 0.1) is 24.9 Å². The van der Waals surface area contributed by atoms with E-state index in [-0.39, 0.29) is 0 Å². The van der Waals surface area contributed by atoms with Crippen molar-refractivity contribution in [2.24, 2.45) is 0 Å². The highest BCUT2D eigenvalue weighted by atomic mass is 16.5. The lowest BCUT2D eigenvalue weighted by atomic mass is 10.2. The van der Waals surface area contributed by atoms with Gasteiger partial charge in [-0.15, -0.1) is 0 Å². The number of aromatic nitrogens is 3. The standard InChI is InChI=1S/C22H21N5O2/c1-28-17-7-9-18(10-8-17)29-15-14-23-20-11-13-25-22(27-20)26-19-6-2-4-16-5-3-12-24-21(16)19/h2-13H,14-15H2,1H3,(H2,23,25,26,27). The average molecular weight is 387 g/mol. The van der Waals surface area contributed by atoms with Crippen LogP contribution in [-0.4, -0.2) is 35.2 Å². The third-order valence-corrected chi connectivity index (χ3v) is 4.27. The van der Waals surface area contributed by atoms with Gasteiger partial charge in [-0.1, -0.05) is 18.2 Å². The van der Waals surface area contributed by atoms with E-state index in [0.717, 1.165) is 28.1 Å². The summed E-state index contributed by atoms with van der Waals surface area (Å²) < 4.78 is 10.9. The van der Waals surface area contributed by atoms with Gasteiger partial charge in [0.2, 0.25) is 5.95 Å². The van der Waals surface area contributed by atoms with Crippen LogP contribution in [0.5, 0.6) is 11.5 Å². The second-order valence-electron chi connectivity index (χ2n) is 6.22. The molecule has 0 amide bonds. The molecule has 0 radical (unpaired) electrons. The maximum atomic E-state index is 5.72. The first-order valence-electron chi connectivity index (χ1n) is 9.26. The van der Waals surface area contributed by atoms with Gasteiger partial charge in [-0.25, -0.2) is 4.98 Å². The van der Waals surface area contributed by atoms with Crippen molar-refractivity contribution in [1.29, 1.82) is 0 Å². The Hall–Kier alpha value is -3.87. The zero-order chi connectivity index (χ0) is 19.9. The molecule has 7 heteroatoms. The van der Waals surface area contributed by atoms with Gasteiger partial charge in [-0.2, -0.15) is 4.98 Å². The molecule has 0 bridgehead atoms. The number of rotatable bonds is 8. The molecule has 146 valence electrons. The lowest BCUT2D eigenvalue weighted by Crippen LogP contribution is -2.13. The van der Waals surface area contributed by atoms with Gasteiger partial charge in [0.1, 0.15) is 23.9 Å². The second-order valence-corrected chi connectivity index (χ2v) is 6.22. The quantitative estimate of drug-likeness (QED) is 0.437. The van der Waals surface area contributed by atoms with Crippen molar-refractivity contribution in [2.45, 2.75) is 0 Å². The SMILES string of the molecule is COc1ccc(OCCNc2ccnc(Nc3cccc4cccnc34)n2)cc1. The lowest BCUT2D eigenvalue weighted by molar-refractivity contribution is 0.331. The Morgan fingerprint density at radius 1 is 0.862 bits per heavy atom. The molecule has 0 fully saturated rings. The number of nitrogens with one attached hydrogen (secondary N) is 2. The molecule has 4 aromatic rings. The summed E-state index contributed by atoms with van der Waals surface area (Å²) in [5.74, 6) is 2.82. The van der Waals surface area contributed by atoms with E-state index >= 15 is 0 Å². The first-order valence-corrected chi connectivity index (χ1v) is 9.26. The Balaban J connectivity index is 1.34. The highest BCUT2D eigenvalue weighted by Crippen LogP contribution is 2.23. The summed E-state index contributed by atoms with van der Waals surface area (Å²) in [7, 11) is 1.64. The number of fused-ring (bicyclic) bond motifs is 1. The summed E-state index contributed by atoms with van der Waals surface area (Å²) in [6.07, 6.45) is 3.48. The van der Waals surface area contributed by atoms with Gasteiger partial charge >= 0.3 is 0 Å². The van der Waals surface area contributed by atoms with E-state index in [1.165, 1.54) is 0 Å². The van der Waals surface area contributed by atoms with Crippen LogP contribution in [0.15, 0.2) is 73.1 Å². The van der Waals surface area contributed by atoms with Crippen LogP contribution in [0.4, 0.5) is 17.5 Å². The van der Waals surface area contributed by atoms with Crippen molar-refractivity contribution in [2.75, 3.05) is 30.9 Å². The number of anilines is 3. The molecule has 0 aliphatic carbocycles. The summed E-state index contributed by atoms with van der Waals surface area (Å²) in [5, 5.41) is 7.55. The zero-order valence-corrected chi connectivity index (χ0v) is 16.0. The van der Waals surface area contributed by atoms with Crippen molar-refractivity contribution < 1.29 is 9.47 Å².